The Labute approximate surface area is 122 Å². The molecule has 2 aromatic rings. The predicted octanol–water partition coefficient (Wildman–Crippen LogP) is 1.27. The second-order valence-electron chi connectivity index (χ2n) is 5.07. The third kappa shape index (κ3) is 3.01. The molecule has 0 aliphatic rings. The summed E-state index contributed by atoms with van der Waals surface area (Å²) in [7, 11) is 0. The Balaban J connectivity index is 2.29. The van der Waals surface area contributed by atoms with Crippen LogP contribution in [0.25, 0.3) is 5.65 Å². The Hall–Kier alpha value is -2.44. The fraction of sp³-hybridized carbons (Fsp3) is 0.429. The number of aromatic nitrogens is 3. The molecule has 112 valence electrons. The maximum absolute atomic E-state index is 12.3. The molecule has 2 atom stereocenters. The van der Waals surface area contributed by atoms with Gasteiger partial charge in [-0.25, -0.2) is 14.3 Å². The molecule has 2 heterocycles. The standard InChI is InChI=1S/C14H18N4O3/c1-4-8(2)11(14(20)21)17-13(19)10-7-15-18-6-5-9(3)16-12(10)18/h5-8,11H,4H2,1-3H3,(H,17,19)(H,20,21)/t8-,11-/m0/s1. The predicted molar refractivity (Wildman–Crippen MR) is 76.1 cm³/mol. The normalized spacial score (nSPS) is 13.9. The average molecular weight is 290 g/mol. The molecule has 0 aromatic carbocycles. The molecule has 2 N–H and O–H groups in total. The molecule has 0 saturated carbocycles. The summed E-state index contributed by atoms with van der Waals surface area (Å²) >= 11 is 0. The van der Waals surface area contributed by atoms with Gasteiger partial charge in [-0.15, -0.1) is 0 Å². The molecule has 0 unspecified atom stereocenters. The minimum absolute atomic E-state index is 0.164. The van der Waals surface area contributed by atoms with Crippen molar-refractivity contribution in [3.05, 3.63) is 29.7 Å². The lowest BCUT2D eigenvalue weighted by molar-refractivity contribution is -0.140. The van der Waals surface area contributed by atoms with Gasteiger partial charge in [-0.3, -0.25) is 4.79 Å². The number of nitrogens with zero attached hydrogens (tertiary/aromatic N) is 3. The van der Waals surface area contributed by atoms with Crippen LogP contribution in [0.15, 0.2) is 18.5 Å². The van der Waals surface area contributed by atoms with E-state index in [9.17, 15) is 14.7 Å². The molecule has 7 nitrogen and oxygen atoms in total. The number of fused-ring (bicyclic) bond motifs is 1. The largest absolute Gasteiger partial charge is 0.480 e. The molecule has 0 aliphatic heterocycles. The molecule has 0 radical (unpaired) electrons. The molecule has 0 saturated heterocycles. The highest BCUT2D eigenvalue weighted by Gasteiger charge is 2.27. The number of nitrogens with one attached hydrogen (secondary N) is 1. The van der Waals surface area contributed by atoms with Gasteiger partial charge in [0.2, 0.25) is 0 Å². The van der Waals surface area contributed by atoms with Gasteiger partial charge in [0.05, 0.1) is 6.20 Å². The van der Waals surface area contributed by atoms with Crippen LogP contribution in [0.3, 0.4) is 0 Å². The first-order chi connectivity index (χ1) is 9.93. The lowest BCUT2D eigenvalue weighted by atomic mass is 9.99. The molecule has 1 amide bonds. The van der Waals surface area contributed by atoms with Gasteiger partial charge >= 0.3 is 5.97 Å². The molecule has 0 fully saturated rings. The number of hydrogen-bond acceptors (Lipinski definition) is 4. The molecule has 0 spiro atoms. The van der Waals surface area contributed by atoms with Gasteiger partial charge < -0.3 is 10.4 Å². The Morgan fingerprint density at radius 2 is 2.19 bits per heavy atom. The van der Waals surface area contributed by atoms with E-state index in [0.29, 0.717) is 12.1 Å². The van der Waals surface area contributed by atoms with E-state index >= 15 is 0 Å². The topological polar surface area (TPSA) is 96.6 Å². The van der Waals surface area contributed by atoms with Gasteiger partial charge in [0.25, 0.3) is 5.91 Å². The number of amides is 1. The van der Waals surface area contributed by atoms with Crippen LogP contribution in [-0.2, 0) is 4.79 Å². The highest BCUT2D eigenvalue weighted by atomic mass is 16.4. The smallest absolute Gasteiger partial charge is 0.326 e. The van der Waals surface area contributed by atoms with Crippen molar-refractivity contribution in [2.24, 2.45) is 5.92 Å². The summed E-state index contributed by atoms with van der Waals surface area (Å²) in [6.07, 6.45) is 3.76. The second kappa shape index (κ2) is 5.90. The summed E-state index contributed by atoms with van der Waals surface area (Å²) < 4.78 is 1.49. The summed E-state index contributed by atoms with van der Waals surface area (Å²) in [4.78, 5) is 27.8. The van der Waals surface area contributed by atoms with E-state index in [4.69, 9.17) is 0 Å². The van der Waals surface area contributed by atoms with E-state index in [0.717, 1.165) is 5.69 Å². The Morgan fingerprint density at radius 1 is 1.48 bits per heavy atom. The van der Waals surface area contributed by atoms with Crippen LogP contribution in [0.2, 0.25) is 0 Å². The molecule has 7 heteroatoms. The molecule has 2 rings (SSSR count). The number of hydrogen-bond donors (Lipinski definition) is 2. The lowest BCUT2D eigenvalue weighted by Crippen LogP contribution is -2.45. The fourth-order valence-electron chi connectivity index (χ4n) is 2.02. The zero-order valence-corrected chi connectivity index (χ0v) is 12.2. The van der Waals surface area contributed by atoms with Crippen molar-refractivity contribution >= 4 is 17.5 Å². The van der Waals surface area contributed by atoms with E-state index in [1.807, 2.05) is 13.8 Å². The van der Waals surface area contributed by atoms with E-state index in [1.54, 1.807) is 19.2 Å². The quantitative estimate of drug-likeness (QED) is 0.864. The van der Waals surface area contributed by atoms with Gasteiger partial charge in [-0.2, -0.15) is 5.10 Å². The monoisotopic (exact) mass is 290 g/mol. The van der Waals surface area contributed by atoms with E-state index in [-0.39, 0.29) is 11.5 Å². The third-order valence-electron chi connectivity index (χ3n) is 3.52. The minimum Gasteiger partial charge on any atom is -0.480 e. The third-order valence-corrected chi connectivity index (χ3v) is 3.52. The summed E-state index contributed by atoms with van der Waals surface area (Å²) in [5.41, 5.74) is 1.45. The highest BCUT2D eigenvalue weighted by Crippen LogP contribution is 2.12. The van der Waals surface area contributed by atoms with Gasteiger partial charge in [0.15, 0.2) is 5.65 Å². The number of aliphatic carboxylic acids is 1. The SMILES string of the molecule is CC[C@H](C)[C@H](NC(=O)c1cnn2ccc(C)nc12)C(=O)O. The van der Waals surface area contributed by atoms with Crippen LogP contribution >= 0.6 is 0 Å². The first kappa shape index (κ1) is 15.0. The van der Waals surface area contributed by atoms with E-state index in [2.05, 4.69) is 15.4 Å². The summed E-state index contributed by atoms with van der Waals surface area (Å²) in [6, 6.07) is 0.850. The molecular weight excluding hydrogens is 272 g/mol. The summed E-state index contributed by atoms with van der Waals surface area (Å²) in [5, 5.41) is 15.8. The van der Waals surface area contributed by atoms with Gasteiger partial charge in [-0.1, -0.05) is 20.3 Å². The first-order valence-electron chi connectivity index (χ1n) is 6.78. The number of rotatable bonds is 5. The first-order valence-corrected chi connectivity index (χ1v) is 6.78. The van der Waals surface area contributed by atoms with Crippen LogP contribution in [0.5, 0.6) is 0 Å². The number of carbonyl (C=O) groups is 2. The molecule has 0 aliphatic carbocycles. The molecule has 21 heavy (non-hydrogen) atoms. The van der Waals surface area contributed by atoms with Crippen molar-refractivity contribution in [2.75, 3.05) is 0 Å². The van der Waals surface area contributed by atoms with Crippen molar-refractivity contribution in [2.45, 2.75) is 33.2 Å². The fourth-order valence-corrected chi connectivity index (χ4v) is 2.02. The number of carboxylic acid groups (broad SMARTS) is 1. The van der Waals surface area contributed by atoms with Crippen LogP contribution in [0.1, 0.15) is 36.3 Å². The Morgan fingerprint density at radius 3 is 2.81 bits per heavy atom. The van der Waals surface area contributed by atoms with Crippen LogP contribution < -0.4 is 5.32 Å². The van der Waals surface area contributed by atoms with Crippen LogP contribution in [-0.4, -0.2) is 37.6 Å². The maximum atomic E-state index is 12.3. The highest BCUT2D eigenvalue weighted by molar-refractivity contribution is 6.01. The zero-order valence-electron chi connectivity index (χ0n) is 12.2. The van der Waals surface area contributed by atoms with Crippen molar-refractivity contribution in [3.8, 4) is 0 Å². The number of aryl methyl sites for hydroxylation is 1. The number of carbonyl (C=O) groups excluding carboxylic acids is 1. The van der Waals surface area contributed by atoms with Crippen molar-refractivity contribution in [3.63, 3.8) is 0 Å². The molecule has 0 bridgehead atoms. The second-order valence-corrected chi connectivity index (χ2v) is 5.07. The van der Waals surface area contributed by atoms with Crippen LogP contribution in [0.4, 0.5) is 0 Å². The van der Waals surface area contributed by atoms with Crippen molar-refractivity contribution < 1.29 is 14.7 Å². The van der Waals surface area contributed by atoms with E-state index in [1.165, 1.54) is 10.7 Å². The Bertz CT molecular complexity index is 680. The Kier molecular flexibility index (Phi) is 4.21. The summed E-state index contributed by atoms with van der Waals surface area (Å²) in [6.45, 7) is 5.48. The van der Waals surface area contributed by atoms with E-state index < -0.39 is 17.9 Å². The molecule has 2 aromatic heterocycles. The zero-order chi connectivity index (χ0) is 15.6. The van der Waals surface area contributed by atoms with Crippen molar-refractivity contribution in [1.82, 2.24) is 19.9 Å². The summed E-state index contributed by atoms with van der Waals surface area (Å²) in [5.74, 6) is -1.68. The van der Waals surface area contributed by atoms with Crippen LogP contribution in [0, 0.1) is 12.8 Å². The number of carboxylic acids is 1. The van der Waals surface area contributed by atoms with Crippen molar-refractivity contribution in [1.29, 1.82) is 0 Å². The minimum atomic E-state index is -1.04. The lowest BCUT2D eigenvalue weighted by Gasteiger charge is -2.19. The van der Waals surface area contributed by atoms with Gasteiger partial charge in [0, 0.05) is 11.9 Å². The maximum Gasteiger partial charge on any atom is 0.326 e. The van der Waals surface area contributed by atoms with Gasteiger partial charge in [-0.05, 0) is 18.9 Å². The van der Waals surface area contributed by atoms with Gasteiger partial charge in [0.1, 0.15) is 11.6 Å². The molecular formula is C14H18N4O3. The average Bonchev–Trinajstić information content (AvgIpc) is 2.86.